The minimum atomic E-state index is 0.0696. The summed E-state index contributed by atoms with van der Waals surface area (Å²) in [5.74, 6) is 0.952. The number of nitrogens with zero attached hydrogens (tertiary/aromatic N) is 1. The Morgan fingerprint density at radius 1 is 1.53 bits per heavy atom. The van der Waals surface area contributed by atoms with Crippen LogP contribution < -0.4 is 0 Å². The molecule has 1 amide bonds. The second-order valence-corrected chi connectivity index (χ2v) is 5.51. The van der Waals surface area contributed by atoms with Gasteiger partial charge < -0.3 is 10.0 Å². The number of carbonyl (C=O) groups is 1. The van der Waals surface area contributed by atoms with Gasteiger partial charge in [-0.05, 0) is 56.4 Å². The first-order valence-electron chi connectivity index (χ1n) is 6.80. The third kappa shape index (κ3) is 3.21. The summed E-state index contributed by atoms with van der Waals surface area (Å²) in [6.07, 6.45) is 4.06. The fourth-order valence-corrected chi connectivity index (χ4v) is 2.82. The van der Waals surface area contributed by atoms with Crippen molar-refractivity contribution in [1.82, 2.24) is 4.90 Å². The molecular formula is C15H20ClNO2. The van der Waals surface area contributed by atoms with Crippen molar-refractivity contribution in [3.8, 4) is 5.75 Å². The van der Waals surface area contributed by atoms with Crippen LogP contribution in [0.3, 0.4) is 0 Å². The minimum Gasteiger partial charge on any atom is -0.508 e. The molecule has 4 heteroatoms. The maximum atomic E-state index is 12.5. The molecule has 0 aromatic heterocycles. The van der Waals surface area contributed by atoms with Crippen molar-refractivity contribution in [3.63, 3.8) is 0 Å². The van der Waals surface area contributed by atoms with E-state index in [9.17, 15) is 9.90 Å². The van der Waals surface area contributed by atoms with Crippen LogP contribution in [0.2, 0.25) is 0 Å². The normalized spacial score (nSPS) is 18.8. The van der Waals surface area contributed by atoms with Gasteiger partial charge in [0.25, 0.3) is 5.91 Å². The molecule has 19 heavy (non-hydrogen) atoms. The highest BCUT2D eigenvalue weighted by molar-refractivity contribution is 6.17. The van der Waals surface area contributed by atoms with Gasteiger partial charge in [-0.3, -0.25) is 4.79 Å². The first kappa shape index (κ1) is 14.2. The zero-order chi connectivity index (χ0) is 13.8. The van der Waals surface area contributed by atoms with Crippen LogP contribution in [-0.4, -0.2) is 34.4 Å². The highest BCUT2D eigenvalue weighted by atomic mass is 35.5. The van der Waals surface area contributed by atoms with E-state index in [1.54, 1.807) is 25.1 Å². The summed E-state index contributed by atoms with van der Waals surface area (Å²) in [4.78, 5) is 14.5. The molecule has 0 spiro atoms. The molecule has 1 saturated heterocycles. The van der Waals surface area contributed by atoms with Gasteiger partial charge in [0, 0.05) is 24.0 Å². The van der Waals surface area contributed by atoms with E-state index in [0.29, 0.717) is 17.5 Å². The number of hydrogen-bond donors (Lipinski definition) is 1. The molecule has 1 fully saturated rings. The van der Waals surface area contributed by atoms with Gasteiger partial charge in [-0.2, -0.15) is 0 Å². The number of amides is 1. The molecule has 104 valence electrons. The van der Waals surface area contributed by atoms with E-state index in [1.165, 1.54) is 0 Å². The van der Waals surface area contributed by atoms with Crippen LogP contribution in [0.15, 0.2) is 18.2 Å². The van der Waals surface area contributed by atoms with Gasteiger partial charge in [0.2, 0.25) is 0 Å². The quantitative estimate of drug-likeness (QED) is 0.860. The lowest BCUT2D eigenvalue weighted by molar-refractivity contribution is 0.0730. The predicted octanol–water partition coefficient (Wildman–Crippen LogP) is 3.32. The Labute approximate surface area is 119 Å². The molecule has 2 rings (SSSR count). The monoisotopic (exact) mass is 281 g/mol. The molecule has 1 heterocycles. The summed E-state index contributed by atoms with van der Waals surface area (Å²) in [6, 6.07) is 5.36. The Balaban J connectivity index is 2.11. The van der Waals surface area contributed by atoms with Crippen LogP contribution in [-0.2, 0) is 0 Å². The summed E-state index contributed by atoms with van der Waals surface area (Å²) < 4.78 is 0. The third-order valence-corrected chi connectivity index (χ3v) is 4.02. The van der Waals surface area contributed by atoms with Gasteiger partial charge in [-0.15, -0.1) is 11.6 Å². The van der Waals surface area contributed by atoms with Crippen molar-refractivity contribution >= 4 is 17.5 Å². The van der Waals surface area contributed by atoms with Gasteiger partial charge in [-0.1, -0.05) is 0 Å². The lowest BCUT2D eigenvalue weighted by atomic mass is 10.1. The maximum absolute atomic E-state index is 12.5. The molecule has 0 saturated carbocycles. The molecule has 1 aliphatic heterocycles. The summed E-state index contributed by atoms with van der Waals surface area (Å²) in [7, 11) is 0. The molecule has 1 N–H and O–H groups in total. The van der Waals surface area contributed by atoms with Crippen molar-refractivity contribution < 1.29 is 9.90 Å². The molecule has 3 nitrogen and oxygen atoms in total. The lowest BCUT2D eigenvalue weighted by Gasteiger charge is -2.24. The van der Waals surface area contributed by atoms with Crippen molar-refractivity contribution in [2.24, 2.45) is 0 Å². The van der Waals surface area contributed by atoms with E-state index in [0.717, 1.165) is 37.8 Å². The van der Waals surface area contributed by atoms with E-state index in [2.05, 4.69) is 0 Å². The molecule has 1 aromatic rings. The number of rotatable bonds is 4. The summed E-state index contributed by atoms with van der Waals surface area (Å²) in [5.41, 5.74) is 1.40. The highest BCUT2D eigenvalue weighted by Crippen LogP contribution is 2.25. The van der Waals surface area contributed by atoms with Crippen LogP contribution in [0.4, 0.5) is 0 Å². The fourth-order valence-electron chi connectivity index (χ4n) is 2.67. The molecule has 0 radical (unpaired) electrons. The molecule has 0 bridgehead atoms. The van der Waals surface area contributed by atoms with E-state index in [1.807, 2.05) is 4.90 Å². The molecular weight excluding hydrogens is 262 g/mol. The first-order valence-corrected chi connectivity index (χ1v) is 7.33. The predicted molar refractivity (Wildman–Crippen MR) is 76.9 cm³/mol. The average Bonchev–Trinajstić information content (AvgIpc) is 2.87. The van der Waals surface area contributed by atoms with Gasteiger partial charge in [0.1, 0.15) is 5.75 Å². The summed E-state index contributed by atoms with van der Waals surface area (Å²) in [5, 5.41) is 9.52. The molecule has 1 aromatic carbocycles. The molecule has 0 aliphatic carbocycles. The van der Waals surface area contributed by atoms with Crippen molar-refractivity contribution in [3.05, 3.63) is 29.3 Å². The number of likely N-dealkylation sites (tertiary alicyclic amines) is 1. The number of phenolic OH excluding ortho intramolecular Hbond substituents is 1. The summed E-state index contributed by atoms with van der Waals surface area (Å²) >= 11 is 5.73. The van der Waals surface area contributed by atoms with Crippen molar-refractivity contribution in [2.75, 3.05) is 12.4 Å². The summed E-state index contributed by atoms with van der Waals surface area (Å²) in [6.45, 7) is 2.63. The Morgan fingerprint density at radius 2 is 2.32 bits per heavy atom. The number of phenols is 1. The van der Waals surface area contributed by atoms with Crippen molar-refractivity contribution in [1.29, 1.82) is 0 Å². The topological polar surface area (TPSA) is 40.5 Å². The van der Waals surface area contributed by atoms with E-state index >= 15 is 0 Å². The van der Waals surface area contributed by atoms with Gasteiger partial charge in [0.05, 0.1) is 0 Å². The van der Waals surface area contributed by atoms with E-state index < -0.39 is 0 Å². The molecule has 1 atom stereocenters. The van der Waals surface area contributed by atoms with Gasteiger partial charge >= 0.3 is 0 Å². The smallest absolute Gasteiger partial charge is 0.254 e. The zero-order valence-electron chi connectivity index (χ0n) is 11.2. The zero-order valence-corrected chi connectivity index (χ0v) is 12.0. The number of halogens is 1. The number of carbonyl (C=O) groups excluding carboxylic acids is 1. The number of benzene rings is 1. The van der Waals surface area contributed by atoms with Crippen LogP contribution in [0, 0.1) is 6.92 Å². The number of aromatic hydroxyl groups is 1. The second kappa shape index (κ2) is 6.29. The Hall–Kier alpha value is -1.22. The maximum Gasteiger partial charge on any atom is 0.254 e. The van der Waals surface area contributed by atoms with E-state index in [4.69, 9.17) is 11.6 Å². The van der Waals surface area contributed by atoms with Gasteiger partial charge in [0.15, 0.2) is 0 Å². The van der Waals surface area contributed by atoms with Crippen molar-refractivity contribution in [2.45, 2.75) is 38.6 Å². The Kier molecular flexibility index (Phi) is 4.70. The van der Waals surface area contributed by atoms with Crippen LogP contribution in [0.25, 0.3) is 0 Å². The van der Waals surface area contributed by atoms with Gasteiger partial charge in [-0.25, -0.2) is 0 Å². The number of alkyl halides is 1. The highest BCUT2D eigenvalue weighted by Gasteiger charge is 2.28. The number of aryl methyl sites for hydroxylation is 1. The second-order valence-electron chi connectivity index (χ2n) is 5.13. The van der Waals surface area contributed by atoms with Crippen LogP contribution in [0.5, 0.6) is 5.75 Å². The molecule has 1 unspecified atom stereocenters. The Bertz CT molecular complexity index is 461. The van der Waals surface area contributed by atoms with Crippen LogP contribution in [0.1, 0.15) is 41.6 Å². The Morgan fingerprint density at radius 3 is 3.00 bits per heavy atom. The SMILES string of the molecule is Cc1cc(C(=O)N2CCCC2CCCCl)ccc1O. The standard InChI is InChI=1S/C15H20ClNO2/c1-11-10-12(6-7-14(11)18)15(19)17-9-3-5-13(17)4-2-8-16/h6-7,10,13,18H,2-5,8-9H2,1H3. The average molecular weight is 282 g/mol. The third-order valence-electron chi connectivity index (χ3n) is 3.75. The van der Waals surface area contributed by atoms with Crippen LogP contribution >= 0.6 is 11.6 Å². The lowest BCUT2D eigenvalue weighted by Crippen LogP contribution is -2.35. The molecule has 1 aliphatic rings. The fraction of sp³-hybridized carbons (Fsp3) is 0.533. The largest absolute Gasteiger partial charge is 0.508 e. The first-order chi connectivity index (χ1) is 9.13. The number of hydrogen-bond acceptors (Lipinski definition) is 2. The minimum absolute atomic E-state index is 0.0696. The van der Waals surface area contributed by atoms with E-state index in [-0.39, 0.29) is 11.7 Å².